The van der Waals surface area contributed by atoms with Crippen molar-refractivity contribution in [3.05, 3.63) is 35.6 Å². The molecule has 1 heterocycles. The van der Waals surface area contributed by atoms with Crippen LogP contribution >= 0.6 is 0 Å². The molecule has 0 bridgehead atoms. The molecule has 1 aliphatic heterocycles. The van der Waals surface area contributed by atoms with E-state index in [0.29, 0.717) is 31.8 Å². The number of rotatable bonds is 5. The van der Waals surface area contributed by atoms with Gasteiger partial charge in [0.25, 0.3) is 0 Å². The highest BCUT2D eigenvalue weighted by molar-refractivity contribution is 5.85. The Morgan fingerprint density at radius 3 is 2.50 bits per heavy atom. The Bertz CT molecular complexity index is 619. The molecule has 1 amide bonds. The zero-order chi connectivity index (χ0) is 17.2. The van der Waals surface area contributed by atoms with Crippen LogP contribution in [0.4, 0.5) is 4.39 Å². The first-order valence-corrected chi connectivity index (χ1v) is 8.74. The highest BCUT2D eigenvalue weighted by Gasteiger charge is 2.46. The largest absolute Gasteiger partial charge is 0.481 e. The SMILES string of the molecule is O=C(CC1(C(=O)O)CCC1)N1CCC(Cc2cccc(F)c2)CC1. The summed E-state index contributed by atoms with van der Waals surface area (Å²) in [5.41, 5.74) is 0.189. The summed E-state index contributed by atoms with van der Waals surface area (Å²) in [7, 11) is 0. The van der Waals surface area contributed by atoms with Gasteiger partial charge in [-0.25, -0.2) is 4.39 Å². The molecule has 1 aromatic rings. The molecule has 1 aliphatic carbocycles. The van der Waals surface area contributed by atoms with Gasteiger partial charge in [-0.05, 0) is 55.7 Å². The van der Waals surface area contributed by atoms with E-state index in [0.717, 1.165) is 31.2 Å². The first-order chi connectivity index (χ1) is 11.5. The molecule has 0 radical (unpaired) electrons. The lowest BCUT2D eigenvalue weighted by atomic mass is 9.66. The molecule has 1 saturated heterocycles. The second-order valence-electron chi connectivity index (χ2n) is 7.27. The molecule has 2 aliphatic rings. The number of aliphatic carboxylic acids is 1. The van der Waals surface area contributed by atoms with E-state index in [1.54, 1.807) is 12.1 Å². The summed E-state index contributed by atoms with van der Waals surface area (Å²) in [6, 6.07) is 6.69. The van der Waals surface area contributed by atoms with Crippen molar-refractivity contribution in [1.29, 1.82) is 0 Å². The average molecular weight is 333 g/mol. The van der Waals surface area contributed by atoms with Gasteiger partial charge < -0.3 is 10.0 Å². The maximum atomic E-state index is 13.3. The van der Waals surface area contributed by atoms with E-state index in [4.69, 9.17) is 0 Å². The highest BCUT2D eigenvalue weighted by atomic mass is 19.1. The summed E-state index contributed by atoms with van der Waals surface area (Å²) in [4.78, 5) is 25.6. The molecule has 1 aromatic carbocycles. The number of carbonyl (C=O) groups excluding carboxylic acids is 1. The fourth-order valence-corrected chi connectivity index (χ4v) is 3.85. The number of piperidine rings is 1. The van der Waals surface area contributed by atoms with Gasteiger partial charge in [-0.1, -0.05) is 18.6 Å². The lowest BCUT2D eigenvalue weighted by molar-refractivity contribution is -0.159. The summed E-state index contributed by atoms with van der Waals surface area (Å²) >= 11 is 0. The molecule has 0 unspecified atom stereocenters. The van der Waals surface area contributed by atoms with E-state index >= 15 is 0 Å². The third-order valence-corrected chi connectivity index (χ3v) is 5.63. The monoisotopic (exact) mass is 333 g/mol. The quantitative estimate of drug-likeness (QED) is 0.900. The van der Waals surface area contributed by atoms with Crippen molar-refractivity contribution < 1.29 is 19.1 Å². The maximum absolute atomic E-state index is 13.3. The minimum absolute atomic E-state index is 0.0266. The molecule has 24 heavy (non-hydrogen) atoms. The minimum Gasteiger partial charge on any atom is -0.481 e. The Morgan fingerprint density at radius 2 is 1.96 bits per heavy atom. The second-order valence-corrected chi connectivity index (χ2v) is 7.27. The summed E-state index contributed by atoms with van der Waals surface area (Å²) in [5, 5.41) is 9.36. The van der Waals surface area contributed by atoms with Crippen molar-refractivity contribution in [3.8, 4) is 0 Å². The number of benzene rings is 1. The molecule has 0 spiro atoms. The van der Waals surface area contributed by atoms with Crippen molar-refractivity contribution in [2.75, 3.05) is 13.1 Å². The number of halogens is 1. The third kappa shape index (κ3) is 3.60. The summed E-state index contributed by atoms with van der Waals surface area (Å²) < 4.78 is 13.3. The van der Waals surface area contributed by atoms with Crippen molar-refractivity contribution in [2.24, 2.45) is 11.3 Å². The van der Waals surface area contributed by atoms with Gasteiger partial charge in [0.05, 0.1) is 5.41 Å². The Labute approximate surface area is 141 Å². The Hall–Kier alpha value is -1.91. The van der Waals surface area contributed by atoms with Gasteiger partial charge in [0.1, 0.15) is 5.82 Å². The predicted octanol–water partition coefficient (Wildman–Crippen LogP) is 3.25. The molecule has 0 atom stereocenters. The third-order valence-electron chi connectivity index (χ3n) is 5.63. The lowest BCUT2D eigenvalue weighted by Crippen LogP contribution is -2.46. The van der Waals surface area contributed by atoms with E-state index in [-0.39, 0.29) is 18.1 Å². The summed E-state index contributed by atoms with van der Waals surface area (Å²) in [6.07, 6.45) is 4.88. The number of carboxylic acids is 1. The van der Waals surface area contributed by atoms with E-state index < -0.39 is 11.4 Å². The average Bonchev–Trinajstić information content (AvgIpc) is 2.51. The summed E-state index contributed by atoms with van der Waals surface area (Å²) in [5.74, 6) is -0.614. The molecule has 4 nitrogen and oxygen atoms in total. The Morgan fingerprint density at radius 1 is 1.25 bits per heavy atom. The van der Waals surface area contributed by atoms with Crippen molar-refractivity contribution >= 4 is 11.9 Å². The minimum atomic E-state index is -0.830. The van der Waals surface area contributed by atoms with Gasteiger partial charge in [-0.15, -0.1) is 0 Å². The zero-order valence-electron chi connectivity index (χ0n) is 13.8. The van der Waals surface area contributed by atoms with Crippen LogP contribution in [0, 0.1) is 17.2 Å². The van der Waals surface area contributed by atoms with Crippen LogP contribution in [-0.2, 0) is 16.0 Å². The van der Waals surface area contributed by atoms with Gasteiger partial charge in [0, 0.05) is 19.5 Å². The highest BCUT2D eigenvalue weighted by Crippen LogP contribution is 2.44. The van der Waals surface area contributed by atoms with E-state index in [1.165, 1.54) is 6.07 Å². The normalized spacial score (nSPS) is 20.5. The van der Waals surface area contributed by atoms with Crippen LogP contribution in [0.2, 0.25) is 0 Å². The van der Waals surface area contributed by atoms with Crippen molar-refractivity contribution in [2.45, 2.75) is 44.9 Å². The number of hydrogen-bond donors (Lipinski definition) is 1. The predicted molar refractivity (Wildman–Crippen MR) is 87.9 cm³/mol. The van der Waals surface area contributed by atoms with E-state index in [1.807, 2.05) is 11.0 Å². The Kier molecular flexibility index (Phi) is 4.88. The van der Waals surface area contributed by atoms with E-state index in [2.05, 4.69) is 0 Å². The number of carbonyl (C=O) groups is 2. The number of nitrogens with zero attached hydrogens (tertiary/aromatic N) is 1. The van der Waals surface area contributed by atoms with Gasteiger partial charge >= 0.3 is 5.97 Å². The first kappa shape index (κ1) is 16.9. The summed E-state index contributed by atoms with van der Waals surface area (Å²) in [6.45, 7) is 1.35. The molecule has 0 aromatic heterocycles. The van der Waals surface area contributed by atoms with Crippen LogP contribution in [0.5, 0.6) is 0 Å². The number of amides is 1. The fraction of sp³-hybridized carbons (Fsp3) is 0.579. The van der Waals surface area contributed by atoms with Crippen LogP contribution in [0.1, 0.15) is 44.1 Å². The lowest BCUT2D eigenvalue weighted by Gasteiger charge is -2.40. The van der Waals surface area contributed by atoms with Gasteiger partial charge in [0.2, 0.25) is 5.91 Å². The number of carboxylic acid groups (broad SMARTS) is 1. The van der Waals surface area contributed by atoms with Crippen LogP contribution < -0.4 is 0 Å². The molecule has 2 fully saturated rings. The topological polar surface area (TPSA) is 57.6 Å². The van der Waals surface area contributed by atoms with Gasteiger partial charge in [-0.3, -0.25) is 9.59 Å². The van der Waals surface area contributed by atoms with Gasteiger partial charge in [0.15, 0.2) is 0 Å². The standard InChI is InChI=1S/C19H24FNO3/c20-16-4-1-3-15(12-16)11-14-5-9-21(10-6-14)17(22)13-19(18(23)24)7-2-8-19/h1,3-4,12,14H,2,5-11,13H2,(H,23,24). The van der Waals surface area contributed by atoms with Crippen molar-refractivity contribution in [1.82, 2.24) is 4.90 Å². The molecule has 1 saturated carbocycles. The Balaban J connectivity index is 1.49. The van der Waals surface area contributed by atoms with Crippen molar-refractivity contribution in [3.63, 3.8) is 0 Å². The van der Waals surface area contributed by atoms with Crippen LogP contribution in [0.3, 0.4) is 0 Å². The zero-order valence-corrected chi connectivity index (χ0v) is 13.8. The molecular weight excluding hydrogens is 309 g/mol. The molecule has 1 N–H and O–H groups in total. The molecule has 130 valence electrons. The maximum Gasteiger partial charge on any atom is 0.310 e. The molecular formula is C19H24FNO3. The number of likely N-dealkylation sites (tertiary alicyclic amines) is 1. The number of hydrogen-bond acceptors (Lipinski definition) is 2. The fourth-order valence-electron chi connectivity index (χ4n) is 3.85. The molecule has 3 rings (SSSR count). The first-order valence-electron chi connectivity index (χ1n) is 8.74. The van der Waals surface area contributed by atoms with Crippen LogP contribution in [-0.4, -0.2) is 35.0 Å². The van der Waals surface area contributed by atoms with Crippen LogP contribution in [0.15, 0.2) is 24.3 Å². The smallest absolute Gasteiger partial charge is 0.310 e. The second kappa shape index (κ2) is 6.91. The van der Waals surface area contributed by atoms with Gasteiger partial charge in [-0.2, -0.15) is 0 Å². The van der Waals surface area contributed by atoms with E-state index in [9.17, 15) is 19.1 Å². The van der Waals surface area contributed by atoms with Crippen LogP contribution in [0.25, 0.3) is 0 Å². The molecule has 5 heteroatoms.